The molecule has 2 rings (SSSR count). The van der Waals surface area contributed by atoms with Crippen molar-refractivity contribution in [1.82, 2.24) is 0 Å². The second-order valence-corrected chi connectivity index (χ2v) is 4.12. The highest BCUT2D eigenvalue weighted by atomic mass is 16.6. The van der Waals surface area contributed by atoms with E-state index in [0.29, 0.717) is 13.2 Å². The molecule has 0 amide bonds. The van der Waals surface area contributed by atoms with Crippen molar-refractivity contribution in [1.29, 1.82) is 0 Å². The zero-order chi connectivity index (χ0) is 11.4. The number of ether oxygens (including phenoxy) is 2. The Kier molecular flexibility index (Phi) is 3.67. The number of aryl methyl sites for hydroxylation is 1. The Hall–Kier alpha value is -1.22. The molecule has 1 aliphatic heterocycles. The van der Waals surface area contributed by atoms with Crippen molar-refractivity contribution in [3.63, 3.8) is 0 Å². The third kappa shape index (κ3) is 2.30. The van der Waals surface area contributed by atoms with Crippen molar-refractivity contribution in [2.45, 2.75) is 26.2 Å². The topological polar surface area (TPSA) is 44.5 Å². The van der Waals surface area contributed by atoms with Crippen LogP contribution in [-0.4, -0.2) is 19.8 Å². The summed E-state index contributed by atoms with van der Waals surface area (Å²) in [5.41, 5.74) is 8.06. The lowest BCUT2D eigenvalue weighted by atomic mass is 10.0. The lowest BCUT2D eigenvalue weighted by Gasteiger charge is -2.21. The fourth-order valence-corrected chi connectivity index (χ4v) is 2.03. The van der Waals surface area contributed by atoms with Gasteiger partial charge in [0.05, 0.1) is 0 Å². The van der Waals surface area contributed by atoms with E-state index in [1.807, 2.05) is 6.07 Å². The second-order valence-electron chi connectivity index (χ2n) is 4.12. The average molecular weight is 221 g/mol. The van der Waals surface area contributed by atoms with Gasteiger partial charge in [0.25, 0.3) is 0 Å². The zero-order valence-corrected chi connectivity index (χ0v) is 9.79. The number of fused-ring (bicyclic) bond motifs is 1. The van der Waals surface area contributed by atoms with Crippen LogP contribution in [0.4, 0.5) is 0 Å². The summed E-state index contributed by atoms with van der Waals surface area (Å²) < 4.78 is 11.2. The van der Waals surface area contributed by atoms with E-state index >= 15 is 0 Å². The Morgan fingerprint density at radius 3 is 2.81 bits per heavy atom. The minimum absolute atomic E-state index is 0.652. The normalized spacial score (nSPS) is 13.9. The molecule has 0 aliphatic carbocycles. The van der Waals surface area contributed by atoms with Gasteiger partial charge in [-0.1, -0.05) is 6.07 Å². The fourth-order valence-electron chi connectivity index (χ4n) is 2.03. The molecule has 1 aromatic rings. The lowest BCUT2D eigenvalue weighted by molar-refractivity contribution is 0.170. The average Bonchev–Trinajstić information content (AvgIpc) is 2.33. The molecule has 0 fully saturated rings. The number of rotatable bonds is 4. The van der Waals surface area contributed by atoms with Gasteiger partial charge in [-0.05, 0) is 49.9 Å². The highest BCUT2D eigenvalue weighted by Gasteiger charge is 2.15. The van der Waals surface area contributed by atoms with Crippen LogP contribution in [0.1, 0.15) is 24.0 Å². The predicted molar refractivity (Wildman–Crippen MR) is 64.2 cm³/mol. The maximum absolute atomic E-state index is 5.65. The van der Waals surface area contributed by atoms with Gasteiger partial charge in [0, 0.05) is 0 Å². The highest BCUT2D eigenvalue weighted by molar-refractivity contribution is 5.50. The summed E-state index contributed by atoms with van der Waals surface area (Å²) in [5.74, 6) is 1.81. The first-order valence-corrected chi connectivity index (χ1v) is 5.91. The van der Waals surface area contributed by atoms with E-state index in [1.54, 1.807) is 0 Å². The van der Waals surface area contributed by atoms with E-state index < -0.39 is 0 Å². The van der Waals surface area contributed by atoms with Crippen LogP contribution in [0.15, 0.2) is 12.1 Å². The van der Waals surface area contributed by atoms with Gasteiger partial charge >= 0.3 is 0 Å². The lowest BCUT2D eigenvalue weighted by Crippen LogP contribution is -2.16. The first-order chi connectivity index (χ1) is 7.83. The molecule has 0 saturated carbocycles. The molecule has 3 heteroatoms. The van der Waals surface area contributed by atoms with Gasteiger partial charge in [0.15, 0.2) is 11.5 Å². The number of nitrogens with two attached hydrogens (primary N) is 1. The Morgan fingerprint density at radius 2 is 2.00 bits per heavy atom. The first-order valence-electron chi connectivity index (χ1n) is 5.91. The molecule has 0 aromatic heterocycles. The zero-order valence-electron chi connectivity index (χ0n) is 9.79. The summed E-state index contributed by atoms with van der Waals surface area (Å²) in [4.78, 5) is 0. The third-order valence-corrected chi connectivity index (χ3v) is 2.97. The molecule has 0 bridgehead atoms. The maximum atomic E-state index is 5.65. The van der Waals surface area contributed by atoms with Gasteiger partial charge in [-0.3, -0.25) is 0 Å². The first kappa shape index (κ1) is 11.3. The van der Waals surface area contributed by atoms with Crippen molar-refractivity contribution in [2.24, 2.45) is 5.73 Å². The predicted octanol–water partition coefficient (Wildman–Crippen LogP) is 2.05. The SMILES string of the molecule is Cc1c(CCCCN)ccc2c1OCCO2. The summed E-state index contributed by atoms with van der Waals surface area (Å²) in [6.07, 6.45) is 3.28. The standard InChI is InChI=1S/C13H19NO2/c1-10-11(4-2-3-7-14)5-6-12-13(10)16-9-8-15-12/h5-6H,2-4,7-9,14H2,1H3. The number of unbranched alkanes of at least 4 members (excludes halogenated alkanes) is 1. The maximum Gasteiger partial charge on any atom is 0.164 e. The quantitative estimate of drug-likeness (QED) is 0.791. The molecule has 0 unspecified atom stereocenters. The Bertz CT molecular complexity index is 363. The molecule has 0 radical (unpaired) electrons. The van der Waals surface area contributed by atoms with Gasteiger partial charge in [-0.25, -0.2) is 0 Å². The summed E-state index contributed by atoms with van der Waals surface area (Å²) in [7, 11) is 0. The van der Waals surface area contributed by atoms with Gasteiger partial charge in [-0.2, -0.15) is 0 Å². The van der Waals surface area contributed by atoms with Crippen LogP contribution in [0.3, 0.4) is 0 Å². The van der Waals surface area contributed by atoms with Gasteiger partial charge in [0.1, 0.15) is 13.2 Å². The largest absolute Gasteiger partial charge is 0.486 e. The van der Waals surface area contributed by atoms with Gasteiger partial charge < -0.3 is 15.2 Å². The van der Waals surface area contributed by atoms with Crippen molar-refractivity contribution in [3.8, 4) is 11.5 Å². The van der Waals surface area contributed by atoms with E-state index in [9.17, 15) is 0 Å². The van der Waals surface area contributed by atoms with Crippen LogP contribution in [-0.2, 0) is 6.42 Å². The minimum atomic E-state index is 0.652. The molecule has 16 heavy (non-hydrogen) atoms. The molecule has 3 nitrogen and oxygen atoms in total. The molecule has 1 aliphatic rings. The molecule has 1 heterocycles. The number of benzene rings is 1. The number of hydrogen-bond acceptors (Lipinski definition) is 3. The summed E-state index contributed by atoms with van der Waals surface area (Å²) in [6, 6.07) is 4.15. The van der Waals surface area contributed by atoms with Crippen LogP contribution in [0, 0.1) is 6.92 Å². The van der Waals surface area contributed by atoms with E-state index in [1.165, 1.54) is 11.1 Å². The fraction of sp³-hybridized carbons (Fsp3) is 0.538. The van der Waals surface area contributed by atoms with Crippen LogP contribution < -0.4 is 15.2 Å². The smallest absolute Gasteiger partial charge is 0.164 e. The molecule has 2 N–H and O–H groups in total. The van der Waals surface area contributed by atoms with E-state index in [2.05, 4.69) is 13.0 Å². The monoisotopic (exact) mass is 221 g/mol. The number of hydrogen-bond donors (Lipinski definition) is 1. The van der Waals surface area contributed by atoms with Crippen molar-refractivity contribution in [3.05, 3.63) is 23.3 Å². The third-order valence-electron chi connectivity index (χ3n) is 2.97. The summed E-state index contributed by atoms with van der Waals surface area (Å²) in [6.45, 7) is 4.17. The molecular formula is C13H19NO2. The molecule has 0 atom stereocenters. The van der Waals surface area contributed by atoms with E-state index in [0.717, 1.165) is 37.3 Å². The van der Waals surface area contributed by atoms with Gasteiger partial charge in [0.2, 0.25) is 0 Å². The Labute approximate surface area is 96.5 Å². The Morgan fingerprint density at radius 1 is 1.19 bits per heavy atom. The minimum Gasteiger partial charge on any atom is -0.486 e. The summed E-state index contributed by atoms with van der Waals surface area (Å²) in [5, 5.41) is 0. The molecule has 0 saturated heterocycles. The van der Waals surface area contributed by atoms with E-state index in [4.69, 9.17) is 15.2 Å². The van der Waals surface area contributed by atoms with Crippen molar-refractivity contribution >= 4 is 0 Å². The van der Waals surface area contributed by atoms with Crippen LogP contribution in [0.2, 0.25) is 0 Å². The Balaban J connectivity index is 2.14. The molecule has 1 aromatic carbocycles. The van der Waals surface area contributed by atoms with E-state index in [-0.39, 0.29) is 0 Å². The van der Waals surface area contributed by atoms with Crippen molar-refractivity contribution in [2.75, 3.05) is 19.8 Å². The molecular weight excluding hydrogens is 202 g/mol. The summed E-state index contributed by atoms with van der Waals surface area (Å²) >= 11 is 0. The van der Waals surface area contributed by atoms with Gasteiger partial charge in [-0.15, -0.1) is 0 Å². The van der Waals surface area contributed by atoms with Crippen LogP contribution in [0.25, 0.3) is 0 Å². The van der Waals surface area contributed by atoms with Crippen LogP contribution in [0.5, 0.6) is 11.5 Å². The van der Waals surface area contributed by atoms with Crippen molar-refractivity contribution < 1.29 is 9.47 Å². The second kappa shape index (κ2) is 5.21. The highest BCUT2D eigenvalue weighted by Crippen LogP contribution is 2.35. The molecule has 88 valence electrons. The van der Waals surface area contributed by atoms with Crippen LogP contribution >= 0.6 is 0 Å². The molecule has 0 spiro atoms.